The first-order valence-electron chi connectivity index (χ1n) is 6.85. The maximum atomic E-state index is 12.6. The second-order valence-corrected chi connectivity index (χ2v) is 5.58. The van der Waals surface area contributed by atoms with Crippen molar-refractivity contribution in [3.8, 4) is 11.3 Å². The summed E-state index contributed by atoms with van der Waals surface area (Å²) in [5.41, 5.74) is 1.84. The van der Waals surface area contributed by atoms with Gasteiger partial charge in [-0.2, -0.15) is 0 Å². The number of hydrogen-bond donors (Lipinski definition) is 1. The molecule has 1 amide bonds. The van der Waals surface area contributed by atoms with Crippen LogP contribution in [0.3, 0.4) is 0 Å². The van der Waals surface area contributed by atoms with E-state index in [0.717, 1.165) is 25.1 Å². The fourth-order valence-corrected chi connectivity index (χ4v) is 2.66. The lowest BCUT2D eigenvalue weighted by Gasteiger charge is -2.23. The first kappa shape index (κ1) is 14.1. The molecule has 1 aliphatic rings. The van der Waals surface area contributed by atoms with Gasteiger partial charge in [0.1, 0.15) is 17.5 Å². The minimum absolute atomic E-state index is 0.0742. The molecular weight excluding hydrogens is 290 g/mol. The Morgan fingerprint density at radius 1 is 1.43 bits per heavy atom. The fourth-order valence-electron chi connectivity index (χ4n) is 2.53. The zero-order valence-corrected chi connectivity index (χ0v) is 12.4. The van der Waals surface area contributed by atoms with Crippen LogP contribution in [0.25, 0.3) is 11.3 Å². The zero-order chi connectivity index (χ0) is 14.8. The highest BCUT2D eigenvalue weighted by molar-refractivity contribution is 6.30. The Labute approximate surface area is 127 Å². The number of carbonyl (C=O) groups is 1. The minimum atomic E-state index is -0.0742. The normalized spacial score (nSPS) is 17.9. The molecule has 1 saturated heterocycles. The molecule has 2 aromatic rings. The van der Waals surface area contributed by atoms with Gasteiger partial charge in [-0.15, -0.1) is 0 Å². The van der Waals surface area contributed by atoms with Crippen molar-refractivity contribution in [1.29, 1.82) is 0 Å². The molecule has 0 aliphatic carbocycles. The number of likely N-dealkylation sites (N-methyl/N-ethyl adjacent to an activating group) is 1. The number of benzene rings is 1. The van der Waals surface area contributed by atoms with Gasteiger partial charge in [-0.05, 0) is 25.1 Å². The monoisotopic (exact) mass is 305 g/mol. The van der Waals surface area contributed by atoms with Crippen molar-refractivity contribution in [2.75, 3.05) is 20.1 Å². The van der Waals surface area contributed by atoms with Gasteiger partial charge in [-0.25, -0.2) is 0 Å². The van der Waals surface area contributed by atoms with Crippen LogP contribution in [0.4, 0.5) is 0 Å². The van der Waals surface area contributed by atoms with Crippen molar-refractivity contribution >= 4 is 17.5 Å². The van der Waals surface area contributed by atoms with Crippen molar-refractivity contribution in [1.82, 2.24) is 15.4 Å². The van der Waals surface area contributed by atoms with Gasteiger partial charge in [-0.1, -0.05) is 28.9 Å². The van der Waals surface area contributed by atoms with Gasteiger partial charge in [0.2, 0.25) is 0 Å². The van der Waals surface area contributed by atoms with Gasteiger partial charge in [0.05, 0.1) is 0 Å². The van der Waals surface area contributed by atoms with Gasteiger partial charge < -0.3 is 14.7 Å². The van der Waals surface area contributed by atoms with E-state index < -0.39 is 0 Å². The third kappa shape index (κ3) is 2.80. The lowest BCUT2D eigenvalue weighted by molar-refractivity contribution is 0.0743. The number of halogens is 1. The van der Waals surface area contributed by atoms with Crippen LogP contribution < -0.4 is 5.32 Å². The lowest BCUT2D eigenvalue weighted by atomic mass is 10.1. The molecule has 1 aliphatic heterocycles. The van der Waals surface area contributed by atoms with Gasteiger partial charge in [-0.3, -0.25) is 4.79 Å². The van der Waals surface area contributed by atoms with Crippen molar-refractivity contribution in [2.45, 2.75) is 12.5 Å². The Hall–Kier alpha value is -1.85. The third-order valence-electron chi connectivity index (χ3n) is 3.82. The van der Waals surface area contributed by atoms with Crippen molar-refractivity contribution < 1.29 is 9.32 Å². The summed E-state index contributed by atoms with van der Waals surface area (Å²) in [7, 11) is 1.82. The average molecular weight is 306 g/mol. The maximum absolute atomic E-state index is 12.6. The van der Waals surface area contributed by atoms with Crippen LogP contribution in [0, 0.1) is 0 Å². The van der Waals surface area contributed by atoms with E-state index in [9.17, 15) is 4.79 Å². The summed E-state index contributed by atoms with van der Waals surface area (Å²) in [4.78, 5) is 14.4. The Bertz CT molecular complexity index is 633. The van der Waals surface area contributed by atoms with Crippen LogP contribution in [0.2, 0.25) is 5.02 Å². The number of aromatic nitrogens is 1. The molecule has 1 aromatic carbocycles. The minimum Gasteiger partial charge on any atom is -0.363 e. The molecule has 0 saturated carbocycles. The quantitative estimate of drug-likeness (QED) is 0.946. The molecule has 5 nitrogen and oxygen atoms in total. The fraction of sp³-hybridized carbons (Fsp3) is 0.333. The van der Waals surface area contributed by atoms with Crippen molar-refractivity contribution in [2.24, 2.45) is 0 Å². The van der Waals surface area contributed by atoms with E-state index in [4.69, 9.17) is 16.1 Å². The third-order valence-corrected chi connectivity index (χ3v) is 4.07. The molecule has 6 heteroatoms. The molecule has 2 heterocycles. The zero-order valence-electron chi connectivity index (χ0n) is 11.7. The van der Waals surface area contributed by atoms with E-state index in [2.05, 4.69) is 10.5 Å². The average Bonchev–Trinajstić information content (AvgIpc) is 3.17. The summed E-state index contributed by atoms with van der Waals surface area (Å²) >= 11 is 5.89. The SMILES string of the molecule is CN(C(=O)c1conc1-c1ccc(Cl)cc1)C1CCNC1. The molecule has 1 N–H and O–H groups in total. The summed E-state index contributed by atoms with van der Waals surface area (Å²) in [6.45, 7) is 1.76. The molecule has 1 aromatic heterocycles. The predicted octanol–water partition coefficient (Wildman–Crippen LogP) is 2.43. The molecule has 1 fully saturated rings. The smallest absolute Gasteiger partial charge is 0.259 e. The molecule has 1 atom stereocenters. The van der Waals surface area contributed by atoms with Gasteiger partial charge >= 0.3 is 0 Å². The molecular formula is C15H16ClN3O2. The first-order valence-corrected chi connectivity index (χ1v) is 7.23. The Morgan fingerprint density at radius 2 is 2.19 bits per heavy atom. The summed E-state index contributed by atoms with van der Waals surface area (Å²) in [6, 6.07) is 7.40. The molecule has 1 unspecified atom stereocenters. The van der Waals surface area contributed by atoms with Crippen LogP contribution in [0.15, 0.2) is 35.1 Å². The van der Waals surface area contributed by atoms with E-state index in [1.165, 1.54) is 6.26 Å². The molecule has 0 spiro atoms. The number of rotatable bonds is 3. The first-order chi connectivity index (χ1) is 10.2. The van der Waals surface area contributed by atoms with Crippen LogP contribution in [0.1, 0.15) is 16.8 Å². The molecule has 0 bridgehead atoms. The number of nitrogens with zero attached hydrogens (tertiary/aromatic N) is 2. The Kier molecular flexibility index (Phi) is 3.94. The number of nitrogens with one attached hydrogen (secondary N) is 1. The largest absolute Gasteiger partial charge is 0.363 e. The Balaban J connectivity index is 1.87. The second-order valence-electron chi connectivity index (χ2n) is 5.15. The van der Waals surface area contributed by atoms with Crippen LogP contribution in [-0.4, -0.2) is 42.1 Å². The van der Waals surface area contributed by atoms with Crippen molar-refractivity contribution in [3.63, 3.8) is 0 Å². The Morgan fingerprint density at radius 3 is 2.86 bits per heavy atom. The summed E-state index contributed by atoms with van der Waals surface area (Å²) in [6.07, 6.45) is 2.37. The van der Waals surface area contributed by atoms with E-state index in [-0.39, 0.29) is 11.9 Å². The molecule has 3 rings (SSSR count). The van der Waals surface area contributed by atoms with Gasteiger partial charge in [0.15, 0.2) is 0 Å². The van der Waals surface area contributed by atoms with E-state index in [0.29, 0.717) is 16.3 Å². The highest BCUT2D eigenvalue weighted by atomic mass is 35.5. The maximum Gasteiger partial charge on any atom is 0.259 e. The molecule has 110 valence electrons. The number of carbonyl (C=O) groups excluding carboxylic acids is 1. The second kappa shape index (κ2) is 5.87. The summed E-state index contributed by atoms with van der Waals surface area (Å²) in [5, 5.41) is 7.87. The van der Waals surface area contributed by atoms with Crippen LogP contribution >= 0.6 is 11.6 Å². The van der Waals surface area contributed by atoms with Crippen LogP contribution in [-0.2, 0) is 0 Å². The van der Waals surface area contributed by atoms with E-state index in [1.807, 2.05) is 19.2 Å². The van der Waals surface area contributed by atoms with Gasteiger partial charge in [0.25, 0.3) is 5.91 Å². The topological polar surface area (TPSA) is 58.4 Å². The van der Waals surface area contributed by atoms with E-state index in [1.54, 1.807) is 17.0 Å². The highest BCUT2D eigenvalue weighted by Gasteiger charge is 2.27. The summed E-state index contributed by atoms with van der Waals surface area (Å²) in [5.74, 6) is -0.0742. The number of amides is 1. The lowest BCUT2D eigenvalue weighted by Crippen LogP contribution is -2.38. The van der Waals surface area contributed by atoms with Crippen molar-refractivity contribution in [3.05, 3.63) is 41.1 Å². The predicted molar refractivity (Wildman–Crippen MR) is 80.3 cm³/mol. The van der Waals surface area contributed by atoms with E-state index >= 15 is 0 Å². The summed E-state index contributed by atoms with van der Waals surface area (Å²) < 4.78 is 5.02. The molecule has 21 heavy (non-hydrogen) atoms. The molecule has 0 radical (unpaired) electrons. The standard InChI is InChI=1S/C15H16ClN3O2/c1-19(12-6-7-17-8-12)15(20)13-9-21-18-14(13)10-2-4-11(16)5-3-10/h2-5,9,12,17H,6-8H2,1H3. The number of hydrogen-bond acceptors (Lipinski definition) is 4. The van der Waals surface area contributed by atoms with Crippen LogP contribution in [0.5, 0.6) is 0 Å². The van der Waals surface area contributed by atoms with Gasteiger partial charge in [0, 0.05) is 30.2 Å². The highest BCUT2D eigenvalue weighted by Crippen LogP contribution is 2.25.